The molecule has 0 bridgehead atoms. The van der Waals surface area contributed by atoms with Crippen LogP contribution < -0.4 is 0 Å². The van der Waals surface area contributed by atoms with E-state index in [4.69, 9.17) is 20.1 Å². The number of carbonyl (C=O) groups is 1. The summed E-state index contributed by atoms with van der Waals surface area (Å²) >= 11 is 0. The van der Waals surface area contributed by atoms with Crippen LogP contribution in [0.5, 0.6) is 0 Å². The summed E-state index contributed by atoms with van der Waals surface area (Å²) in [4.78, 5) is 26.7. The first-order valence-corrected chi connectivity index (χ1v) is 5.51. The number of imidazole rings is 1. The zero-order valence-electron chi connectivity index (χ0n) is 9.91. The van der Waals surface area contributed by atoms with Gasteiger partial charge in [-0.3, -0.25) is 4.79 Å². The van der Waals surface area contributed by atoms with Crippen molar-refractivity contribution in [3.8, 4) is 0 Å². The minimum Gasteiger partial charge on any atom is -0.465 e. The molecule has 0 amide bonds. The molecule has 1 aliphatic heterocycles. The fraction of sp³-hybridized carbons (Fsp3) is 0.600. The number of aromatic amines is 1. The van der Waals surface area contributed by atoms with E-state index in [9.17, 15) is 4.79 Å². The lowest BCUT2D eigenvalue weighted by atomic mass is 9.89. The quantitative estimate of drug-likeness (QED) is 0.469. The van der Waals surface area contributed by atoms with E-state index < -0.39 is 5.09 Å². The molecule has 1 saturated heterocycles. The molecular formula is C10H15N3O5. The van der Waals surface area contributed by atoms with Crippen LogP contribution in [-0.4, -0.2) is 32.8 Å². The minimum atomic E-state index is -1.50. The number of cyclic esters (lactones) is 1. The lowest BCUT2D eigenvalue weighted by Gasteiger charge is -2.11. The largest absolute Gasteiger partial charge is 0.465 e. The highest BCUT2D eigenvalue weighted by Gasteiger charge is 2.35. The normalized spacial score (nSPS) is 21.9. The van der Waals surface area contributed by atoms with Crippen molar-refractivity contribution in [2.45, 2.75) is 19.8 Å². The zero-order valence-corrected chi connectivity index (χ0v) is 9.91. The predicted molar refractivity (Wildman–Crippen MR) is 59.3 cm³/mol. The van der Waals surface area contributed by atoms with E-state index in [1.54, 1.807) is 12.5 Å². The van der Waals surface area contributed by atoms with E-state index >= 15 is 0 Å². The Morgan fingerprint density at radius 1 is 1.72 bits per heavy atom. The molecule has 2 rings (SSSR count). The molecule has 0 saturated carbocycles. The summed E-state index contributed by atoms with van der Waals surface area (Å²) in [5, 5.41) is 13.6. The maximum atomic E-state index is 11.3. The number of hydrogen-bond acceptors (Lipinski definition) is 5. The van der Waals surface area contributed by atoms with E-state index in [1.165, 1.54) is 0 Å². The van der Waals surface area contributed by atoms with Gasteiger partial charge >= 0.3 is 5.97 Å². The molecule has 100 valence electrons. The molecule has 18 heavy (non-hydrogen) atoms. The number of rotatable bonds is 3. The Morgan fingerprint density at radius 2 is 2.39 bits per heavy atom. The fourth-order valence-electron chi connectivity index (χ4n) is 1.98. The smallest absolute Gasteiger partial charge is 0.309 e. The number of aromatic nitrogens is 2. The van der Waals surface area contributed by atoms with Crippen LogP contribution in [0.15, 0.2) is 12.5 Å². The molecule has 2 N–H and O–H groups in total. The molecule has 0 unspecified atom stereocenters. The number of esters is 1. The van der Waals surface area contributed by atoms with Gasteiger partial charge in [0.15, 0.2) is 0 Å². The van der Waals surface area contributed by atoms with Crippen molar-refractivity contribution in [3.63, 3.8) is 0 Å². The first-order valence-electron chi connectivity index (χ1n) is 5.51. The van der Waals surface area contributed by atoms with Crippen LogP contribution in [0.1, 0.15) is 19.0 Å². The van der Waals surface area contributed by atoms with Gasteiger partial charge in [-0.15, -0.1) is 10.1 Å². The summed E-state index contributed by atoms with van der Waals surface area (Å²) in [6.07, 6.45) is 5.17. The molecule has 2 atom stereocenters. The average Bonchev–Trinajstić information content (AvgIpc) is 2.89. The summed E-state index contributed by atoms with van der Waals surface area (Å²) in [5.41, 5.74) is 1.08. The van der Waals surface area contributed by atoms with Crippen molar-refractivity contribution in [2.75, 3.05) is 6.61 Å². The molecule has 2 heterocycles. The van der Waals surface area contributed by atoms with Crippen molar-refractivity contribution >= 4 is 5.97 Å². The molecule has 0 radical (unpaired) electrons. The SMILES string of the molecule is CC[C@@H]1C(=O)OC[C@H]1Cc1cnc[nH]1.O=[N+]([O-])O. The van der Waals surface area contributed by atoms with Crippen LogP contribution in [0.2, 0.25) is 0 Å². The molecule has 1 aromatic rings. The molecule has 0 spiro atoms. The standard InChI is InChI=1S/C10H14N2O2.HNO3/c1-2-9-7(5-14-10(9)13)3-8-4-11-6-12-8;2-1(3)4/h4,6-7,9H,2-3,5H2,1H3,(H,11,12);(H,2,3,4)/t7-,9+;/m1./s1. The number of carbonyl (C=O) groups excluding carboxylic acids is 1. The highest BCUT2D eigenvalue weighted by atomic mass is 16.9. The molecule has 1 aromatic heterocycles. The van der Waals surface area contributed by atoms with E-state index in [-0.39, 0.29) is 11.9 Å². The summed E-state index contributed by atoms with van der Waals surface area (Å²) in [6.45, 7) is 2.58. The molecule has 8 heteroatoms. The number of nitrogens with zero attached hydrogens (tertiary/aromatic N) is 2. The van der Waals surface area contributed by atoms with Gasteiger partial charge in [0.2, 0.25) is 0 Å². The summed E-state index contributed by atoms with van der Waals surface area (Å²) in [5.74, 6) is 0.336. The van der Waals surface area contributed by atoms with E-state index in [2.05, 4.69) is 9.97 Å². The van der Waals surface area contributed by atoms with Crippen LogP contribution in [0, 0.1) is 22.0 Å². The van der Waals surface area contributed by atoms with E-state index in [0.717, 1.165) is 18.5 Å². The van der Waals surface area contributed by atoms with Gasteiger partial charge in [0.25, 0.3) is 5.09 Å². The summed E-state index contributed by atoms with van der Waals surface area (Å²) in [7, 11) is 0. The van der Waals surface area contributed by atoms with Crippen molar-refractivity contribution in [1.82, 2.24) is 9.97 Å². The van der Waals surface area contributed by atoms with Crippen LogP contribution in [0.3, 0.4) is 0 Å². The Kier molecular flexibility index (Phi) is 5.09. The van der Waals surface area contributed by atoms with Crippen LogP contribution in [-0.2, 0) is 16.0 Å². The summed E-state index contributed by atoms with van der Waals surface area (Å²) in [6, 6.07) is 0. The monoisotopic (exact) mass is 257 g/mol. The lowest BCUT2D eigenvalue weighted by molar-refractivity contribution is -0.742. The lowest BCUT2D eigenvalue weighted by Crippen LogP contribution is -2.17. The maximum absolute atomic E-state index is 11.3. The van der Waals surface area contributed by atoms with Crippen molar-refractivity contribution in [2.24, 2.45) is 11.8 Å². The van der Waals surface area contributed by atoms with Gasteiger partial charge in [0, 0.05) is 17.8 Å². The highest BCUT2D eigenvalue weighted by Crippen LogP contribution is 2.27. The van der Waals surface area contributed by atoms with Gasteiger partial charge in [-0.25, -0.2) is 4.98 Å². The van der Waals surface area contributed by atoms with Gasteiger partial charge < -0.3 is 14.9 Å². The number of ether oxygens (including phenoxy) is 1. The third-order valence-electron chi connectivity index (χ3n) is 2.79. The Bertz CT molecular complexity index is 388. The Hall–Kier alpha value is -2.12. The van der Waals surface area contributed by atoms with Crippen LogP contribution in [0.25, 0.3) is 0 Å². The number of nitrogens with one attached hydrogen (secondary N) is 1. The predicted octanol–water partition coefficient (Wildman–Crippen LogP) is 0.804. The third kappa shape index (κ3) is 4.04. The first-order chi connectivity index (χ1) is 8.54. The van der Waals surface area contributed by atoms with Crippen molar-refractivity contribution < 1.29 is 19.8 Å². The van der Waals surface area contributed by atoms with E-state index in [1.807, 2.05) is 6.92 Å². The number of hydrogen-bond donors (Lipinski definition) is 2. The molecule has 1 aliphatic rings. The van der Waals surface area contributed by atoms with Crippen molar-refractivity contribution in [1.29, 1.82) is 0 Å². The van der Waals surface area contributed by atoms with Gasteiger partial charge in [0.05, 0.1) is 18.9 Å². The van der Waals surface area contributed by atoms with Gasteiger partial charge in [-0.1, -0.05) is 6.92 Å². The van der Waals surface area contributed by atoms with Crippen molar-refractivity contribution in [3.05, 3.63) is 28.3 Å². The average molecular weight is 257 g/mol. The minimum absolute atomic E-state index is 0.0444. The molecule has 0 aromatic carbocycles. The maximum Gasteiger partial charge on any atom is 0.309 e. The molecule has 1 fully saturated rings. The Morgan fingerprint density at radius 3 is 2.89 bits per heavy atom. The Labute approximate surface area is 103 Å². The molecule has 8 nitrogen and oxygen atoms in total. The van der Waals surface area contributed by atoms with Crippen LogP contribution >= 0.6 is 0 Å². The molecular weight excluding hydrogens is 242 g/mol. The second-order valence-corrected chi connectivity index (χ2v) is 3.92. The van der Waals surface area contributed by atoms with Crippen LogP contribution in [0.4, 0.5) is 0 Å². The molecule has 0 aliphatic carbocycles. The van der Waals surface area contributed by atoms with E-state index in [0.29, 0.717) is 12.5 Å². The third-order valence-corrected chi connectivity index (χ3v) is 2.79. The highest BCUT2D eigenvalue weighted by molar-refractivity contribution is 5.74. The first kappa shape index (κ1) is 13.9. The number of H-pyrrole nitrogens is 1. The summed E-state index contributed by atoms with van der Waals surface area (Å²) < 4.78 is 5.04. The Balaban J connectivity index is 0.000000357. The second kappa shape index (κ2) is 6.58. The zero-order chi connectivity index (χ0) is 13.5. The second-order valence-electron chi connectivity index (χ2n) is 3.92. The topological polar surface area (TPSA) is 118 Å². The van der Waals surface area contributed by atoms with Gasteiger partial charge in [0.1, 0.15) is 0 Å². The van der Waals surface area contributed by atoms with Gasteiger partial charge in [-0.05, 0) is 12.8 Å². The fourth-order valence-corrected chi connectivity index (χ4v) is 1.98. The van der Waals surface area contributed by atoms with Gasteiger partial charge in [-0.2, -0.15) is 0 Å².